The van der Waals surface area contributed by atoms with Crippen molar-refractivity contribution in [1.29, 1.82) is 0 Å². The van der Waals surface area contributed by atoms with Crippen LogP contribution in [0.1, 0.15) is 26.7 Å². The minimum atomic E-state index is 0.486. The van der Waals surface area contributed by atoms with E-state index in [9.17, 15) is 0 Å². The second-order valence-corrected chi connectivity index (χ2v) is 4.61. The predicted octanol–water partition coefficient (Wildman–Crippen LogP) is 2.69. The number of hydrogen-bond acceptors (Lipinski definition) is 3. The highest BCUT2D eigenvalue weighted by Crippen LogP contribution is 2.48. The number of aromatic nitrogens is 1. The summed E-state index contributed by atoms with van der Waals surface area (Å²) in [7, 11) is 1.63. The Morgan fingerprint density at radius 1 is 1.47 bits per heavy atom. The summed E-state index contributed by atoms with van der Waals surface area (Å²) >= 11 is 0. The number of rotatable bonds is 4. The Kier molecular flexibility index (Phi) is 2.55. The lowest BCUT2D eigenvalue weighted by molar-refractivity contribution is 0.398. The number of anilines is 1. The molecule has 2 rings (SSSR count). The van der Waals surface area contributed by atoms with Gasteiger partial charge < -0.3 is 10.1 Å². The van der Waals surface area contributed by atoms with Crippen molar-refractivity contribution in [2.24, 2.45) is 5.41 Å². The first-order valence-corrected chi connectivity index (χ1v) is 5.41. The van der Waals surface area contributed by atoms with Crippen molar-refractivity contribution < 1.29 is 4.74 Å². The molecular weight excluding hydrogens is 188 g/mol. The Hall–Kier alpha value is -1.25. The molecule has 1 aromatic rings. The Balaban J connectivity index is 1.98. The molecule has 1 aromatic heterocycles. The molecule has 1 N–H and O–H groups in total. The number of methoxy groups -OCH3 is 1. The van der Waals surface area contributed by atoms with Gasteiger partial charge in [-0.25, -0.2) is 4.98 Å². The standard InChI is InChI=1S/C12H18N2O/c1-9(12(2)6-7-12)14-10-4-5-11(15-3)13-8-10/h4-5,8-9,14H,6-7H2,1-3H3. The van der Waals surface area contributed by atoms with E-state index in [2.05, 4.69) is 24.1 Å². The van der Waals surface area contributed by atoms with Crippen LogP contribution >= 0.6 is 0 Å². The summed E-state index contributed by atoms with van der Waals surface area (Å²) in [5, 5.41) is 3.48. The number of hydrogen-bond donors (Lipinski definition) is 1. The third-order valence-corrected chi connectivity index (χ3v) is 3.41. The molecule has 0 radical (unpaired) electrons. The van der Waals surface area contributed by atoms with E-state index in [1.54, 1.807) is 7.11 Å². The third-order valence-electron chi connectivity index (χ3n) is 3.41. The first-order chi connectivity index (χ1) is 7.14. The number of nitrogens with one attached hydrogen (secondary N) is 1. The van der Waals surface area contributed by atoms with Crippen LogP contribution in [0.25, 0.3) is 0 Å². The molecule has 3 heteroatoms. The first-order valence-electron chi connectivity index (χ1n) is 5.41. The van der Waals surface area contributed by atoms with Crippen LogP contribution in [0, 0.1) is 5.41 Å². The zero-order valence-electron chi connectivity index (χ0n) is 9.58. The van der Waals surface area contributed by atoms with E-state index in [4.69, 9.17) is 4.74 Å². The van der Waals surface area contributed by atoms with E-state index in [1.165, 1.54) is 12.8 Å². The predicted molar refractivity (Wildman–Crippen MR) is 61.2 cm³/mol. The van der Waals surface area contributed by atoms with E-state index in [-0.39, 0.29) is 0 Å². The molecule has 0 amide bonds. The van der Waals surface area contributed by atoms with Gasteiger partial charge in [0.2, 0.25) is 5.88 Å². The highest BCUT2D eigenvalue weighted by atomic mass is 16.5. The van der Waals surface area contributed by atoms with Crippen LogP contribution < -0.4 is 10.1 Å². The molecule has 82 valence electrons. The van der Waals surface area contributed by atoms with Gasteiger partial charge >= 0.3 is 0 Å². The SMILES string of the molecule is COc1ccc(NC(C)C2(C)CC2)cn1. The van der Waals surface area contributed by atoms with Gasteiger partial charge in [0.25, 0.3) is 0 Å². The van der Waals surface area contributed by atoms with Crippen molar-refractivity contribution in [2.75, 3.05) is 12.4 Å². The molecule has 1 aliphatic rings. The molecule has 1 saturated carbocycles. The quantitative estimate of drug-likeness (QED) is 0.822. The van der Waals surface area contributed by atoms with Gasteiger partial charge in [0.15, 0.2) is 0 Å². The highest BCUT2D eigenvalue weighted by Gasteiger charge is 2.42. The van der Waals surface area contributed by atoms with Gasteiger partial charge in [0.1, 0.15) is 0 Å². The van der Waals surface area contributed by atoms with E-state index in [0.29, 0.717) is 17.3 Å². The minimum Gasteiger partial charge on any atom is -0.481 e. The molecule has 0 saturated heterocycles. The number of nitrogens with zero attached hydrogens (tertiary/aromatic N) is 1. The van der Waals surface area contributed by atoms with Gasteiger partial charge in [-0.15, -0.1) is 0 Å². The lowest BCUT2D eigenvalue weighted by Gasteiger charge is -2.21. The van der Waals surface area contributed by atoms with Gasteiger partial charge in [0, 0.05) is 12.1 Å². The number of pyridine rings is 1. The molecule has 1 heterocycles. The maximum Gasteiger partial charge on any atom is 0.213 e. The summed E-state index contributed by atoms with van der Waals surface area (Å²) < 4.78 is 5.01. The van der Waals surface area contributed by atoms with Gasteiger partial charge in [-0.3, -0.25) is 0 Å². The van der Waals surface area contributed by atoms with E-state index < -0.39 is 0 Å². The van der Waals surface area contributed by atoms with Gasteiger partial charge in [0.05, 0.1) is 19.0 Å². The second kappa shape index (κ2) is 3.72. The van der Waals surface area contributed by atoms with Crippen LogP contribution in [0.3, 0.4) is 0 Å². The maximum absolute atomic E-state index is 5.01. The summed E-state index contributed by atoms with van der Waals surface area (Å²) in [5.74, 6) is 0.658. The molecule has 1 atom stereocenters. The third kappa shape index (κ3) is 2.22. The Labute approximate surface area is 90.9 Å². The Bertz CT molecular complexity index is 330. The average molecular weight is 206 g/mol. The van der Waals surface area contributed by atoms with Crippen molar-refractivity contribution in [2.45, 2.75) is 32.7 Å². The van der Waals surface area contributed by atoms with E-state index in [1.807, 2.05) is 18.3 Å². The first kappa shape index (κ1) is 10.3. The van der Waals surface area contributed by atoms with Crippen molar-refractivity contribution in [3.63, 3.8) is 0 Å². The molecule has 0 aliphatic heterocycles. The minimum absolute atomic E-state index is 0.486. The molecule has 15 heavy (non-hydrogen) atoms. The average Bonchev–Trinajstić information content (AvgIpc) is 2.99. The van der Waals surface area contributed by atoms with Gasteiger partial charge in [-0.05, 0) is 31.2 Å². The molecule has 0 bridgehead atoms. The highest BCUT2D eigenvalue weighted by molar-refractivity contribution is 5.43. The van der Waals surface area contributed by atoms with Crippen LogP contribution in [0.2, 0.25) is 0 Å². The smallest absolute Gasteiger partial charge is 0.213 e. The van der Waals surface area contributed by atoms with Crippen molar-refractivity contribution in [3.05, 3.63) is 18.3 Å². The lowest BCUT2D eigenvalue weighted by atomic mass is 10.0. The topological polar surface area (TPSA) is 34.1 Å². The zero-order valence-corrected chi connectivity index (χ0v) is 9.58. The lowest BCUT2D eigenvalue weighted by Crippen LogP contribution is -2.24. The zero-order chi connectivity index (χ0) is 10.9. The Morgan fingerprint density at radius 2 is 2.20 bits per heavy atom. The van der Waals surface area contributed by atoms with Crippen molar-refractivity contribution >= 4 is 5.69 Å². The summed E-state index contributed by atoms with van der Waals surface area (Å²) in [6, 6.07) is 4.39. The molecule has 1 fully saturated rings. The van der Waals surface area contributed by atoms with Crippen LogP contribution in [-0.2, 0) is 0 Å². The van der Waals surface area contributed by atoms with Gasteiger partial charge in [-0.2, -0.15) is 0 Å². The molecule has 3 nitrogen and oxygen atoms in total. The molecule has 1 unspecified atom stereocenters. The van der Waals surface area contributed by atoms with Crippen LogP contribution in [0.5, 0.6) is 5.88 Å². The molecular formula is C12H18N2O. The molecule has 0 aromatic carbocycles. The van der Waals surface area contributed by atoms with Crippen molar-refractivity contribution in [3.8, 4) is 5.88 Å². The van der Waals surface area contributed by atoms with E-state index in [0.717, 1.165) is 5.69 Å². The fraction of sp³-hybridized carbons (Fsp3) is 0.583. The summed E-state index contributed by atoms with van der Waals surface area (Å²) in [5.41, 5.74) is 1.55. The van der Waals surface area contributed by atoms with E-state index >= 15 is 0 Å². The fourth-order valence-corrected chi connectivity index (χ4v) is 1.64. The van der Waals surface area contributed by atoms with Crippen LogP contribution in [0.15, 0.2) is 18.3 Å². The normalized spacial score (nSPS) is 19.4. The molecule has 1 aliphatic carbocycles. The van der Waals surface area contributed by atoms with Crippen LogP contribution in [0.4, 0.5) is 5.69 Å². The fourth-order valence-electron chi connectivity index (χ4n) is 1.64. The second-order valence-electron chi connectivity index (χ2n) is 4.61. The van der Waals surface area contributed by atoms with Crippen molar-refractivity contribution in [1.82, 2.24) is 4.98 Å². The summed E-state index contributed by atoms with van der Waals surface area (Å²) in [6.07, 6.45) is 4.47. The summed E-state index contributed by atoms with van der Waals surface area (Å²) in [6.45, 7) is 4.55. The van der Waals surface area contributed by atoms with Crippen LogP contribution in [-0.4, -0.2) is 18.1 Å². The van der Waals surface area contributed by atoms with Gasteiger partial charge in [-0.1, -0.05) is 6.92 Å². The largest absolute Gasteiger partial charge is 0.481 e. The molecule has 0 spiro atoms. The Morgan fingerprint density at radius 3 is 2.67 bits per heavy atom. The maximum atomic E-state index is 5.01. The summed E-state index contributed by atoms with van der Waals surface area (Å²) in [4.78, 5) is 4.17. The monoisotopic (exact) mass is 206 g/mol. The number of ether oxygens (including phenoxy) is 1.